The molecule has 0 bridgehead atoms. The molecule has 25 heavy (non-hydrogen) atoms. The van der Waals surface area contributed by atoms with Crippen molar-refractivity contribution in [1.29, 1.82) is 0 Å². The van der Waals surface area contributed by atoms with Crippen LogP contribution in [0.2, 0.25) is 0 Å². The van der Waals surface area contributed by atoms with Crippen molar-refractivity contribution >= 4 is 33.5 Å². The first-order valence-electron chi connectivity index (χ1n) is 7.12. The molecule has 1 unspecified atom stereocenters. The maximum Gasteiger partial charge on any atom is 0.340 e. The number of amides is 1. The minimum absolute atomic E-state index is 0.163. The van der Waals surface area contributed by atoms with Gasteiger partial charge in [0.05, 0.1) is 18.4 Å². The second-order valence-electron chi connectivity index (χ2n) is 5.01. The van der Waals surface area contributed by atoms with Crippen LogP contribution in [0.4, 0.5) is 14.5 Å². The van der Waals surface area contributed by atoms with E-state index in [-0.39, 0.29) is 11.3 Å². The van der Waals surface area contributed by atoms with Crippen LogP contribution < -0.4 is 10.1 Å². The Balaban J connectivity index is 2.08. The molecule has 5 nitrogen and oxygen atoms in total. The van der Waals surface area contributed by atoms with Crippen molar-refractivity contribution in [3.63, 3.8) is 0 Å². The highest BCUT2D eigenvalue weighted by molar-refractivity contribution is 9.10. The molecule has 8 heteroatoms. The Morgan fingerprint density at radius 3 is 2.56 bits per heavy atom. The SMILES string of the molecule is COc1ccc(Br)c(C(=O)OC(C)C(=O)Nc2cc(F)ccc2F)c1. The van der Waals surface area contributed by atoms with Gasteiger partial charge < -0.3 is 14.8 Å². The molecule has 0 saturated carbocycles. The maximum atomic E-state index is 13.5. The van der Waals surface area contributed by atoms with Gasteiger partial charge in [0.2, 0.25) is 0 Å². The van der Waals surface area contributed by atoms with Crippen LogP contribution in [0.15, 0.2) is 40.9 Å². The lowest BCUT2D eigenvalue weighted by molar-refractivity contribution is -0.123. The average Bonchev–Trinajstić information content (AvgIpc) is 2.58. The second kappa shape index (κ2) is 8.06. The number of rotatable bonds is 5. The van der Waals surface area contributed by atoms with Gasteiger partial charge in [-0.1, -0.05) is 0 Å². The van der Waals surface area contributed by atoms with Gasteiger partial charge in [0.15, 0.2) is 6.10 Å². The summed E-state index contributed by atoms with van der Waals surface area (Å²) >= 11 is 3.21. The lowest BCUT2D eigenvalue weighted by atomic mass is 10.2. The summed E-state index contributed by atoms with van der Waals surface area (Å²) in [5, 5.41) is 2.18. The van der Waals surface area contributed by atoms with Crippen LogP contribution in [-0.2, 0) is 9.53 Å². The van der Waals surface area contributed by atoms with E-state index in [0.29, 0.717) is 10.2 Å². The summed E-state index contributed by atoms with van der Waals surface area (Å²) in [7, 11) is 1.45. The Kier molecular flexibility index (Phi) is 6.08. The molecule has 2 aromatic rings. The quantitative estimate of drug-likeness (QED) is 0.754. The Labute approximate surface area is 151 Å². The van der Waals surface area contributed by atoms with E-state index < -0.39 is 29.6 Å². The van der Waals surface area contributed by atoms with E-state index in [9.17, 15) is 18.4 Å². The molecular weight excluding hydrogens is 400 g/mol. The van der Waals surface area contributed by atoms with Crippen molar-refractivity contribution in [2.75, 3.05) is 12.4 Å². The molecule has 2 rings (SSSR count). The first-order chi connectivity index (χ1) is 11.8. The molecule has 0 heterocycles. The molecule has 132 valence electrons. The predicted molar refractivity (Wildman–Crippen MR) is 90.6 cm³/mol. The molecule has 0 spiro atoms. The van der Waals surface area contributed by atoms with Gasteiger partial charge in [0.25, 0.3) is 5.91 Å². The summed E-state index contributed by atoms with van der Waals surface area (Å²) in [6.07, 6.45) is -1.23. The second-order valence-corrected chi connectivity index (χ2v) is 5.86. The highest BCUT2D eigenvalue weighted by atomic mass is 79.9. The van der Waals surface area contributed by atoms with E-state index in [1.807, 2.05) is 0 Å². The molecular formula is C17H14BrF2NO4. The predicted octanol–water partition coefficient (Wildman–Crippen LogP) is 3.92. The van der Waals surface area contributed by atoms with E-state index in [2.05, 4.69) is 21.2 Å². The third-order valence-electron chi connectivity index (χ3n) is 3.23. The third kappa shape index (κ3) is 4.76. The summed E-state index contributed by atoms with van der Waals surface area (Å²) < 4.78 is 37.2. The number of methoxy groups -OCH3 is 1. The number of halogens is 3. The van der Waals surface area contributed by atoms with Gasteiger partial charge in [-0.2, -0.15) is 0 Å². The fourth-order valence-electron chi connectivity index (χ4n) is 1.89. The zero-order valence-electron chi connectivity index (χ0n) is 13.3. The smallest absolute Gasteiger partial charge is 0.340 e. The van der Waals surface area contributed by atoms with Crippen LogP contribution in [0.1, 0.15) is 17.3 Å². The van der Waals surface area contributed by atoms with Crippen molar-refractivity contribution in [3.8, 4) is 5.75 Å². The minimum atomic E-state index is -1.23. The Hall–Kier alpha value is -2.48. The van der Waals surface area contributed by atoms with Gasteiger partial charge in [-0.05, 0) is 53.2 Å². The van der Waals surface area contributed by atoms with E-state index in [1.54, 1.807) is 12.1 Å². The number of hydrogen-bond acceptors (Lipinski definition) is 4. The largest absolute Gasteiger partial charge is 0.497 e. The standard InChI is InChI=1S/C17H14BrF2NO4/c1-9(16(22)21-15-7-10(19)3-6-14(15)20)25-17(23)12-8-11(24-2)4-5-13(12)18/h3-9H,1-2H3,(H,21,22). The Bertz CT molecular complexity index is 813. The Morgan fingerprint density at radius 2 is 1.88 bits per heavy atom. The van der Waals surface area contributed by atoms with Crippen LogP contribution in [0.25, 0.3) is 0 Å². The van der Waals surface area contributed by atoms with Crippen molar-refractivity contribution in [1.82, 2.24) is 0 Å². The highest BCUT2D eigenvalue weighted by Gasteiger charge is 2.22. The summed E-state index contributed by atoms with van der Waals surface area (Å²) in [6, 6.07) is 7.33. The first-order valence-corrected chi connectivity index (χ1v) is 7.91. The van der Waals surface area contributed by atoms with Gasteiger partial charge in [0, 0.05) is 10.5 Å². The fraction of sp³-hybridized carbons (Fsp3) is 0.176. The number of ether oxygens (including phenoxy) is 2. The lowest BCUT2D eigenvalue weighted by Gasteiger charge is -2.15. The number of hydrogen-bond donors (Lipinski definition) is 1. The molecule has 1 N–H and O–H groups in total. The molecule has 1 amide bonds. The van der Waals surface area contributed by atoms with Crippen molar-refractivity contribution in [3.05, 3.63) is 58.1 Å². The molecule has 2 aromatic carbocycles. The topological polar surface area (TPSA) is 64.6 Å². The van der Waals surface area contributed by atoms with Gasteiger partial charge in [-0.15, -0.1) is 0 Å². The average molecular weight is 414 g/mol. The third-order valence-corrected chi connectivity index (χ3v) is 3.92. The van der Waals surface area contributed by atoms with Gasteiger partial charge >= 0.3 is 5.97 Å². The molecule has 0 saturated heterocycles. The number of carbonyl (C=O) groups is 2. The summed E-state index contributed by atoms with van der Waals surface area (Å²) in [5.74, 6) is -2.63. The van der Waals surface area contributed by atoms with E-state index in [0.717, 1.165) is 18.2 Å². The van der Waals surface area contributed by atoms with E-state index in [4.69, 9.17) is 9.47 Å². The molecule has 0 fully saturated rings. The molecule has 0 radical (unpaired) electrons. The van der Waals surface area contributed by atoms with Crippen LogP contribution in [-0.4, -0.2) is 25.1 Å². The molecule has 1 atom stereocenters. The Morgan fingerprint density at radius 1 is 1.16 bits per heavy atom. The van der Waals surface area contributed by atoms with Gasteiger partial charge in [0.1, 0.15) is 17.4 Å². The molecule has 0 aliphatic heterocycles. The van der Waals surface area contributed by atoms with Gasteiger partial charge in [-0.25, -0.2) is 13.6 Å². The summed E-state index contributed by atoms with van der Waals surface area (Å²) in [5.41, 5.74) is -0.175. The van der Waals surface area contributed by atoms with E-state index >= 15 is 0 Å². The van der Waals surface area contributed by atoms with Crippen LogP contribution in [0.5, 0.6) is 5.75 Å². The highest BCUT2D eigenvalue weighted by Crippen LogP contribution is 2.24. The molecule has 0 aliphatic carbocycles. The maximum absolute atomic E-state index is 13.5. The first kappa shape index (κ1) is 18.9. The summed E-state index contributed by atoms with van der Waals surface area (Å²) in [4.78, 5) is 24.2. The van der Waals surface area contributed by atoms with Crippen molar-refractivity contribution in [2.45, 2.75) is 13.0 Å². The zero-order valence-corrected chi connectivity index (χ0v) is 14.9. The normalized spacial score (nSPS) is 11.6. The number of esters is 1. The van der Waals surface area contributed by atoms with E-state index in [1.165, 1.54) is 20.1 Å². The monoisotopic (exact) mass is 413 g/mol. The van der Waals surface area contributed by atoms with Crippen molar-refractivity contribution < 1.29 is 27.8 Å². The van der Waals surface area contributed by atoms with Crippen molar-refractivity contribution in [2.24, 2.45) is 0 Å². The summed E-state index contributed by atoms with van der Waals surface area (Å²) in [6.45, 7) is 1.32. The fourth-order valence-corrected chi connectivity index (χ4v) is 2.30. The van der Waals surface area contributed by atoms with Crippen LogP contribution in [0, 0.1) is 11.6 Å². The molecule has 0 aromatic heterocycles. The number of anilines is 1. The van der Waals surface area contributed by atoms with Crippen LogP contribution in [0.3, 0.4) is 0 Å². The van der Waals surface area contributed by atoms with Crippen LogP contribution >= 0.6 is 15.9 Å². The number of benzene rings is 2. The zero-order chi connectivity index (χ0) is 18.6. The lowest BCUT2D eigenvalue weighted by Crippen LogP contribution is -2.30. The minimum Gasteiger partial charge on any atom is -0.497 e. The van der Waals surface area contributed by atoms with Gasteiger partial charge in [-0.3, -0.25) is 4.79 Å². The molecule has 0 aliphatic rings. The number of nitrogens with one attached hydrogen (secondary N) is 1. The number of carbonyl (C=O) groups excluding carboxylic acids is 2.